The van der Waals surface area contributed by atoms with Crippen LogP contribution in [0.2, 0.25) is 0 Å². The molecule has 2 aliphatic rings. The molecule has 12 unspecified atom stereocenters. The van der Waals surface area contributed by atoms with Gasteiger partial charge >= 0.3 is 0 Å². The van der Waals surface area contributed by atoms with E-state index in [9.17, 15) is 45.6 Å². The number of ether oxygens (including phenoxy) is 4. The Balaban J connectivity index is 1.76. The Labute approximate surface area is 494 Å². The highest BCUT2D eigenvalue weighted by Crippen LogP contribution is 2.30. The minimum atomic E-state index is -1.80. The second-order valence-corrected chi connectivity index (χ2v) is 21.4. The molecule has 14 nitrogen and oxygen atoms in total. The Hall–Kier alpha value is -3.87. The van der Waals surface area contributed by atoms with Crippen molar-refractivity contribution in [2.24, 2.45) is 0 Å². The lowest BCUT2D eigenvalue weighted by molar-refractivity contribution is -0.359. The molecule has 0 aromatic rings. The molecule has 0 aromatic heterocycles. The third kappa shape index (κ3) is 36.1. The van der Waals surface area contributed by atoms with Crippen LogP contribution in [0.3, 0.4) is 0 Å². The van der Waals surface area contributed by atoms with E-state index in [0.717, 1.165) is 89.9 Å². The Morgan fingerprint density at radius 3 is 1.34 bits per heavy atom. The number of carbonyl (C=O) groups is 1. The van der Waals surface area contributed by atoms with Crippen LogP contribution in [0, 0.1) is 0 Å². The van der Waals surface area contributed by atoms with Crippen molar-refractivity contribution in [1.82, 2.24) is 5.32 Å². The number of amides is 1. The number of carbonyl (C=O) groups excluding carboxylic acids is 1. The van der Waals surface area contributed by atoms with Crippen LogP contribution in [0.15, 0.2) is 134 Å². The number of aliphatic hydroxyl groups is 8. The van der Waals surface area contributed by atoms with Gasteiger partial charge in [0.1, 0.15) is 48.8 Å². The smallest absolute Gasteiger partial charge is 0.220 e. The lowest BCUT2D eigenvalue weighted by Gasteiger charge is -2.46. The molecule has 82 heavy (non-hydrogen) atoms. The first-order valence-corrected chi connectivity index (χ1v) is 31.4. The number of nitrogens with one attached hydrogen (secondary N) is 1. The Morgan fingerprint density at radius 2 is 0.854 bits per heavy atom. The lowest BCUT2D eigenvalue weighted by Crippen LogP contribution is -2.65. The molecule has 0 aliphatic carbocycles. The van der Waals surface area contributed by atoms with Crippen molar-refractivity contribution in [1.29, 1.82) is 0 Å². The average Bonchev–Trinajstić information content (AvgIpc) is 3.52. The normalized spacial score (nSPS) is 24.9. The summed E-state index contributed by atoms with van der Waals surface area (Å²) in [5, 5.41) is 87.1. The predicted molar refractivity (Wildman–Crippen MR) is 331 cm³/mol. The highest BCUT2D eigenvalue weighted by molar-refractivity contribution is 5.76. The summed E-state index contributed by atoms with van der Waals surface area (Å²) in [4.78, 5) is 13.3. The minimum absolute atomic E-state index is 0.224. The number of hydrogen-bond acceptors (Lipinski definition) is 13. The van der Waals surface area contributed by atoms with Crippen molar-refractivity contribution >= 4 is 5.91 Å². The molecule has 466 valence electrons. The highest BCUT2D eigenvalue weighted by Gasteiger charge is 2.51. The summed E-state index contributed by atoms with van der Waals surface area (Å²) in [5.41, 5.74) is 0. The van der Waals surface area contributed by atoms with Gasteiger partial charge in [0.25, 0.3) is 0 Å². The molecule has 12 atom stereocenters. The first-order chi connectivity index (χ1) is 40.1. The van der Waals surface area contributed by atoms with Crippen LogP contribution in [0.5, 0.6) is 0 Å². The van der Waals surface area contributed by atoms with Crippen LogP contribution in [-0.4, -0.2) is 140 Å². The van der Waals surface area contributed by atoms with E-state index >= 15 is 0 Å². The molecule has 14 heteroatoms. The van der Waals surface area contributed by atoms with Crippen molar-refractivity contribution < 1.29 is 64.6 Å². The molecular weight excluding hydrogens is 1040 g/mol. The molecule has 2 heterocycles. The van der Waals surface area contributed by atoms with Gasteiger partial charge in [-0.1, -0.05) is 218 Å². The standard InChI is InChI=1S/C68H111NO13/c1-3-5-7-9-11-13-15-17-19-21-22-23-24-25-26-27-28-29-30-31-32-33-34-36-38-40-42-44-46-48-50-52-60(73)69-56(57(72)51-49-47-45-43-41-39-37-35-20-18-16-14-12-10-8-6-4-2)55-79-67-65(78)63(76)66(59(54-71)81-67)82-68-64(77)62(75)61(74)58(53-70)80-68/h5,7,11,13,17,19,22-23,25-26,28-29,31-32,34,36,40-43,49,51,56-59,61-68,70-72,74-78H,3-4,6,8-10,12,14-16,18,20-21,24,27,30,33,35,37-39,44-48,50,52-55H2,1-2H3,(H,69,73)/b7-5-,13-11-,19-17-,23-22-,26-25-,29-28-,32-31-,36-34-,42-40-,43-41+,51-49+. The molecule has 2 fully saturated rings. The van der Waals surface area contributed by atoms with E-state index < -0.39 is 86.8 Å². The molecule has 0 spiro atoms. The largest absolute Gasteiger partial charge is 0.394 e. The summed E-state index contributed by atoms with van der Waals surface area (Å²) in [6, 6.07) is -0.960. The number of aliphatic hydroxyl groups excluding tert-OH is 8. The fourth-order valence-corrected chi connectivity index (χ4v) is 9.30. The van der Waals surface area contributed by atoms with Gasteiger partial charge in [0, 0.05) is 6.42 Å². The van der Waals surface area contributed by atoms with E-state index in [0.29, 0.717) is 12.8 Å². The molecule has 2 saturated heterocycles. The molecule has 0 aromatic carbocycles. The van der Waals surface area contributed by atoms with E-state index in [2.05, 4.69) is 141 Å². The van der Waals surface area contributed by atoms with Crippen LogP contribution < -0.4 is 5.32 Å². The lowest BCUT2D eigenvalue weighted by atomic mass is 9.97. The maximum Gasteiger partial charge on any atom is 0.220 e. The monoisotopic (exact) mass is 1150 g/mol. The summed E-state index contributed by atoms with van der Waals surface area (Å²) in [7, 11) is 0. The third-order valence-electron chi connectivity index (χ3n) is 14.3. The van der Waals surface area contributed by atoms with Crippen molar-refractivity contribution in [3.63, 3.8) is 0 Å². The zero-order chi connectivity index (χ0) is 59.5. The summed E-state index contributed by atoms with van der Waals surface area (Å²) in [6.07, 6.45) is 59.2. The fourth-order valence-electron chi connectivity index (χ4n) is 9.30. The van der Waals surface area contributed by atoms with Crippen molar-refractivity contribution in [2.75, 3.05) is 19.8 Å². The number of hydrogen-bond donors (Lipinski definition) is 9. The van der Waals surface area contributed by atoms with E-state index in [1.54, 1.807) is 6.08 Å². The van der Waals surface area contributed by atoms with Gasteiger partial charge in [-0.25, -0.2) is 0 Å². The molecular formula is C68H111NO13. The van der Waals surface area contributed by atoms with Crippen LogP contribution in [-0.2, 0) is 23.7 Å². The van der Waals surface area contributed by atoms with Gasteiger partial charge in [0.05, 0.1) is 32.0 Å². The molecule has 2 aliphatic heterocycles. The number of unbranched alkanes of at least 4 members (excludes halogenated alkanes) is 15. The van der Waals surface area contributed by atoms with Gasteiger partial charge in [0.2, 0.25) is 5.91 Å². The minimum Gasteiger partial charge on any atom is -0.394 e. The zero-order valence-electron chi connectivity index (χ0n) is 50.2. The van der Waals surface area contributed by atoms with Gasteiger partial charge in [-0.3, -0.25) is 4.79 Å². The van der Waals surface area contributed by atoms with E-state index in [1.807, 2.05) is 6.08 Å². The van der Waals surface area contributed by atoms with Gasteiger partial charge in [-0.05, 0) is 103 Å². The van der Waals surface area contributed by atoms with Gasteiger partial charge in [-0.2, -0.15) is 0 Å². The van der Waals surface area contributed by atoms with E-state index in [-0.39, 0.29) is 18.9 Å². The predicted octanol–water partition coefficient (Wildman–Crippen LogP) is 11.6. The Morgan fingerprint density at radius 1 is 0.451 bits per heavy atom. The summed E-state index contributed by atoms with van der Waals surface area (Å²) in [5.74, 6) is -0.287. The maximum atomic E-state index is 13.3. The topological polar surface area (TPSA) is 228 Å². The molecule has 0 radical (unpaired) electrons. The SMILES string of the molecule is CC/C=C\C/C=C\C/C=C\C/C=C\C/C=C\C/C=C\C/C=C\C/C=C\C/C=C\CCCCCC(=O)NC(COC1OC(CO)C(OC2OC(CO)C(O)C(O)C2O)C(O)C1O)C(O)/C=C/CC/C=C/CCCCCCCCCCCCC. The highest BCUT2D eigenvalue weighted by atomic mass is 16.7. The molecule has 0 bridgehead atoms. The number of allylic oxidation sites excluding steroid dienone is 21. The zero-order valence-corrected chi connectivity index (χ0v) is 50.2. The molecule has 2 rings (SSSR count). The summed E-state index contributed by atoms with van der Waals surface area (Å²) < 4.78 is 22.7. The Kier molecular flexibility index (Phi) is 46.7. The second kappa shape index (κ2) is 51.5. The van der Waals surface area contributed by atoms with Crippen molar-refractivity contribution in [3.05, 3.63) is 134 Å². The van der Waals surface area contributed by atoms with Crippen LogP contribution in [0.4, 0.5) is 0 Å². The Bertz CT molecular complexity index is 1880. The van der Waals surface area contributed by atoms with Crippen LogP contribution >= 0.6 is 0 Å². The fraction of sp³-hybridized carbons (Fsp3) is 0.662. The van der Waals surface area contributed by atoms with Crippen molar-refractivity contribution in [2.45, 2.75) is 267 Å². The first-order valence-electron chi connectivity index (χ1n) is 31.4. The summed E-state index contributed by atoms with van der Waals surface area (Å²) >= 11 is 0. The first kappa shape index (κ1) is 74.2. The average molecular weight is 1150 g/mol. The maximum absolute atomic E-state index is 13.3. The van der Waals surface area contributed by atoms with Gasteiger partial charge < -0.3 is 65.1 Å². The van der Waals surface area contributed by atoms with E-state index in [1.165, 1.54) is 70.6 Å². The number of rotatable bonds is 48. The molecule has 9 N–H and O–H groups in total. The van der Waals surface area contributed by atoms with Gasteiger partial charge in [-0.15, -0.1) is 0 Å². The van der Waals surface area contributed by atoms with E-state index in [4.69, 9.17) is 18.9 Å². The van der Waals surface area contributed by atoms with Gasteiger partial charge in [0.15, 0.2) is 12.6 Å². The third-order valence-corrected chi connectivity index (χ3v) is 14.3. The quantitative estimate of drug-likeness (QED) is 0.0204. The second-order valence-electron chi connectivity index (χ2n) is 21.4. The van der Waals surface area contributed by atoms with Crippen LogP contribution in [0.25, 0.3) is 0 Å². The summed E-state index contributed by atoms with van der Waals surface area (Å²) in [6.45, 7) is 2.62. The van der Waals surface area contributed by atoms with Crippen molar-refractivity contribution in [3.8, 4) is 0 Å². The molecule has 1 amide bonds. The molecule has 0 saturated carbocycles. The van der Waals surface area contributed by atoms with Crippen LogP contribution in [0.1, 0.15) is 194 Å².